The van der Waals surface area contributed by atoms with Gasteiger partial charge in [-0.2, -0.15) is 0 Å². The Morgan fingerprint density at radius 2 is 1.58 bits per heavy atom. The van der Waals surface area contributed by atoms with Crippen LogP contribution in [0.5, 0.6) is 0 Å². The van der Waals surface area contributed by atoms with Crippen LogP contribution < -0.4 is 5.32 Å². The number of nitrogens with one attached hydrogen (secondary N) is 1. The lowest BCUT2D eigenvalue weighted by Crippen LogP contribution is -2.27. The van der Waals surface area contributed by atoms with Crippen molar-refractivity contribution < 1.29 is 14.6 Å². The second-order valence-corrected chi connectivity index (χ2v) is 8.75. The van der Waals surface area contributed by atoms with Gasteiger partial charge in [0.15, 0.2) is 0 Å². The van der Waals surface area contributed by atoms with Crippen LogP contribution in [0.25, 0.3) is 17.2 Å². The second-order valence-electron chi connectivity index (χ2n) is 8.75. The molecule has 4 rings (SSSR count). The van der Waals surface area contributed by atoms with Gasteiger partial charge in [0.25, 0.3) is 0 Å². The minimum atomic E-state index is -0.674. The summed E-state index contributed by atoms with van der Waals surface area (Å²) in [6, 6.07) is 23.9. The highest BCUT2D eigenvalue weighted by molar-refractivity contribution is 5.85. The summed E-state index contributed by atoms with van der Waals surface area (Å²) in [6.45, 7) is 5.48. The molecule has 0 fully saturated rings. The first kappa shape index (κ1) is 20.9. The van der Waals surface area contributed by atoms with Gasteiger partial charge in [0.2, 0.25) is 0 Å². The Balaban J connectivity index is 1.53. The van der Waals surface area contributed by atoms with Crippen LogP contribution >= 0.6 is 0 Å². The number of aliphatic hydroxyl groups excluding tert-OH is 1. The van der Waals surface area contributed by atoms with Crippen molar-refractivity contribution >= 4 is 17.9 Å². The molecule has 0 bridgehead atoms. The zero-order valence-corrected chi connectivity index (χ0v) is 18.0. The minimum absolute atomic E-state index is 0.105. The van der Waals surface area contributed by atoms with Gasteiger partial charge in [-0.25, -0.2) is 4.79 Å². The predicted molar refractivity (Wildman–Crippen MR) is 125 cm³/mol. The zero-order valence-electron chi connectivity index (χ0n) is 18.0. The number of fused-ring (bicyclic) bond motifs is 3. The SMILES string of the molecule is CC(C)(C)OC(=O)Nc1cccc(C=CC(O)C2c3ccccc3-c3ccccc32)c1. The molecule has 3 aromatic carbocycles. The first-order chi connectivity index (χ1) is 14.8. The fourth-order valence-corrected chi connectivity index (χ4v) is 4.02. The average Bonchev–Trinajstić information content (AvgIpc) is 3.05. The van der Waals surface area contributed by atoms with Crippen LogP contribution in [0, 0.1) is 0 Å². The Labute approximate surface area is 183 Å². The first-order valence-electron chi connectivity index (χ1n) is 10.5. The van der Waals surface area contributed by atoms with Gasteiger partial charge in [-0.05, 0) is 60.7 Å². The average molecular weight is 414 g/mol. The van der Waals surface area contributed by atoms with Crippen LogP contribution in [0.2, 0.25) is 0 Å². The summed E-state index contributed by atoms with van der Waals surface area (Å²) in [7, 11) is 0. The van der Waals surface area contributed by atoms with Gasteiger partial charge < -0.3 is 9.84 Å². The standard InChI is InChI=1S/C27H27NO3/c1-27(2,3)31-26(30)28-19-10-8-9-18(17-19)15-16-24(29)25-22-13-6-4-11-20(22)21-12-5-7-14-23(21)25/h4-17,24-25,29H,1-3H3,(H,28,30). The number of aliphatic hydroxyl groups is 1. The van der Waals surface area contributed by atoms with Crippen LogP contribution in [0.4, 0.5) is 10.5 Å². The van der Waals surface area contributed by atoms with E-state index in [0.29, 0.717) is 5.69 Å². The second kappa shape index (κ2) is 8.40. The Morgan fingerprint density at radius 1 is 0.968 bits per heavy atom. The monoisotopic (exact) mass is 413 g/mol. The molecule has 1 aliphatic rings. The van der Waals surface area contributed by atoms with Crippen LogP contribution in [-0.4, -0.2) is 22.9 Å². The summed E-state index contributed by atoms with van der Waals surface area (Å²) >= 11 is 0. The third-order valence-electron chi connectivity index (χ3n) is 5.24. The minimum Gasteiger partial charge on any atom is -0.444 e. The Kier molecular flexibility index (Phi) is 5.66. The van der Waals surface area contributed by atoms with Crippen LogP contribution in [-0.2, 0) is 4.74 Å². The molecule has 1 atom stereocenters. The van der Waals surface area contributed by atoms with Crippen LogP contribution in [0.15, 0.2) is 78.9 Å². The van der Waals surface area contributed by atoms with E-state index in [1.54, 1.807) is 6.07 Å². The molecule has 0 aromatic heterocycles. The normalized spacial score (nSPS) is 14.2. The summed E-state index contributed by atoms with van der Waals surface area (Å²) in [5.74, 6) is -0.105. The molecule has 0 radical (unpaired) electrons. The fraction of sp³-hybridized carbons (Fsp3) is 0.222. The van der Waals surface area contributed by atoms with Gasteiger partial charge >= 0.3 is 6.09 Å². The van der Waals surface area contributed by atoms with E-state index in [0.717, 1.165) is 16.7 Å². The Morgan fingerprint density at radius 3 is 2.19 bits per heavy atom. The topological polar surface area (TPSA) is 58.6 Å². The number of hydrogen-bond acceptors (Lipinski definition) is 3. The number of benzene rings is 3. The Hall–Kier alpha value is -3.37. The third kappa shape index (κ3) is 4.70. The number of anilines is 1. The molecule has 31 heavy (non-hydrogen) atoms. The van der Waals surface area contributed by atoms with Crippen molar-refractivity contribution in [3.8, 4) is 11.1 Å². The third-order valence-corrected chi connectivity index (χ3v) is 5.24. The molecule has 1 amide bonds. The van der Waals surface area contributed by atoms with Gasteiger partial charge in [0, 0.05) is 11.6 Å². The lowest BCUT2D eigenvalue weighted by molar-refractivity contribution is 0.0636. The van der Waals surface area contributed by atoms with E-state index >= 15 is 0 Å². The van der Waals surface area contributed by atoms with Gasteiger partial charge in [0.1, 0.15) is 5.60 Å². The van der Waals surface area contributed by atoms with Gasteiger partial charge in [-0.1, -0.05) is 72.8 Å². The Bertz CT molecular complexity index is 1080. The first-order valence-corrected chi connectivity index (χ1v) is 10.5. The van der Waals surface area contributed by atoms with E-state index < -0.39 is 17.8 Å². The number of carbonyl (C=O) groups excluding carboxylic acids is 1. The van der Waals surface area contributed by atoms with Crippen molar-refractivity contribution in [2.75, 3.05) is 5.32 Å². The molecule has 0 saturated heterocycles. The molecule has 2 N–H and O–H groups in total. The number of hydrogen-bond donors (Lipinski definition) is 2. The fourth-order valence-electron chi connectivity index (χ4n) is 4.02. The number of rotatable bonds is 4. The molecule has 3 aromatic rings. The zero-order chi connectivity index (χ0) is 22.0. The quantitative estimate of drug-likeness (QED) is 0.534. The molecule has 0 aliphatic heterocycles. The number of amides is 1. The van der Waals surface area contributed by atoms with Crippen LogP contribution in [0.3, 0.4) is 0 Å². The summed E-state index contributed by atoms with van der Waals surface area (Å²) in [5.41, 5.74) is 5.61. The lowest BCUT2D eigenvalue weighted by Gasteiger charge is -2.19. The van der Waals surface area contributed by atoms with Crippen molar-refractivity contribution in [1.29, 1.82) is 0 Å². The predicted octanol–water partition coefficient (Wildman–Crippen LogP) is 6.22. The maximum Gasteiger partial charge on any atom is 0.412 e. The molecule has 0 saturated carbocycles. The highest BCUT2D eigenvalue weighted by Gasteiger charge is 2.32. The van der Waals surface area contributed by atoms with Crippen LogP contribution in [0.1, 0.15) is 43.4 Å². The summed E-state index contributed by atoms with van der Waals surface area (Å²) in [4.78, 5) is 12.0. The van der Waals surface area contributed by atoms with Gasteiger partial charge in [-0.3, -0.25) is 5.32 Å². The van der Waals surface area contributed by atoms with E-state index in [1.165, 1.54) is 11.1 Å². The van der Waals surface area contributed by atoms with Gasteiger partial charge in [0.05, 0.1) is 6.10 Å². The van der Waals surface area contributed by atoms with E-state index in [2.05, 4.69) is 29.6 Å². The van der Waals surface area contributed by atoms with E-state index in [4.69, 9.17) is 4.74 Å². The van der Waals surface area contributed by atoms with E-state index in [1.807, 2.05) is 75.4 Å². The smallest absolute Gasteiger partial charge is 0.412 e. The molecule has 1 aliphatic carbocycles. The molecule has 0 spiro atoms. The van der Waals surface area contributed by atoms with Crippen molar-refractivity contribution in [2.24, 2.45) is 0 Å². The number of ether oxygens (including phenoxy) is 1. The summed E-state index contributed by atoms with van der Waals surface area (Å²) in [5, 5.41) is 13.8. The maximum absolute atomic E-state index is 12.0. The van der Waals surface area contributed by atoms with E-state index in [9.17, 15) is 9.90 Å². The van der Waals surface area contributed by atoms with Crippen molar-refractivity contribution in [1.82, 2.24) is 0 Å². The molecule has 158 valence electrons. The lowest BCUT2D eigenvalue weighted by atomic mass is 9.91. The molecule has 1 unspecified atom stereocenters. The van der Waals surface area contributed by atoms with Crippen molar-refractivity contribution in [2.45, 2.75) is 38.4 Å². The van der Waals surface area contributed by atoms with Crippen molar-refractivity contribution in [3.63, 3.8) is 0 Å². The molecule has 4 nitrogen and oxygen atoms in total. The molecular formula is C27H27NO3. The summed E-state index contributed by atoms with van der Waals surface area (Å²) in [6.07, 6.45) is 2.53. The maximum atomic E-state index is 12.0. The highest BCUT2D eigenvalue weighted by atomic mass is 16.6. The number of carbonyl (C=O) groups is 1. The summed E-state index contributed by atoms with van der Waals surface area (Å²) < 4.78 is 5.31. The highest BCUT2D eigenvalue weighted by Crippen LogP contribution is 2.46. The molecule has 0 heterocycles. The van der Waals surface area contributed by atoms with Crippen molar-refractivity contribution in [3.05, 3.63) is 95.6 Å². The van der Waals surface area contributed by atoms with Gasteiger partial charge in [-0.15, -0.1) is 0 Å². The molecular weight excluding hydrogens is 386 g/mol. The van der Waals surface area contributed by atoms with E-state index in [-0.39, 0.29) is 5.92 Å². The largest absolute Gasteiger partial charge is 0.444 e. The molecule has 4 heteroatoms.